The Balaban J connectivity index is 1.55. The molecule has 0 radical (unpaired) electrons. The first kappa shape index (κ1) is 24.9. The van der Waals surface area contributed by atoms with Crippen LogP contribution in [0.5, 0.6) is 6.01 Å². The smallest absolute Gasteiger partial charge is 0.416 e. The highest BCUT2D eigenvalue weighted by molar-refractivity contribution is 6.04. The largest absolute Gasteiger partial charge is 0.460 e. The second kappa shape index (κ2) is 10.6. The number of rotatable bonds is 8. The minimum atomic E-state index is -4.48. The number of hydrogen-bond donors (Lipinski definition) is 1. The molecule has 1 amide bonds. The molecule has 186 valence electrons. The SMILES string of the molecule is COCCOc1nc(-c2cccc(F)c2)n(-c2ccc(NC(=O)c3ccc(C(F)(F)F)cc3)cc2)n1. The van der Waals surface area contributed by atoms with Crippen LogP contribution in [0.25, 0.3) is 17.1 Å². The van der Waals surface area contributed by atoms with E-state index >= 15 is 0 Å². The zero-order chi connectivity index (χ0) is 25.7. The maximum atomic E-state index is 13.8. The summed E-state index contributed by atoms with van der Waals surface area (Å²) in [5.41, 5.74) is 0.679. The van der Waals surface area contributed by atoms with Gasteiger partial charge in [0.2, 0.25) is 0 Å². The van der Waals surface area contributed by atoms with Crippen LogP contribution in [0.4, 0.5) is 23.2 Å². The number of aromatic nitrogens is 3. The van der Waals surface area contributed by atoms with Gasteiger partial charge in [-0.15, -0.1) is 5.10 Å². The number of ether oxygens (including phenoxy) is 2. The Hall–Kier alpha value is -4.25. The highest BCUT2D eigenvalue weighted by atomic mass is 19.4. The third kappa shape index (κ3) is 5.87. The number of carbonyl (C=O) groups is 1. The summed E-state index contributed by atoms with van der Waals surface area (Å²) in [6, 6.07) is 16.4. The van der Waals surface area contributed by atoms with Gasteiger partial charge in [0.15, 0.2) is 5.82 Å². The molecule has 0 saturated heterocycles. The summed E-state index contributed by atoms with van der Waals surface area (Å²) in [6.45, 7) is 0.551. The normalized spacial score (nSPS) is 11.4. The Morgan fingerprint density at radius 3 is 2.36 bits per heavy atom. The molecule has 0 fully saturated rings. The van der Waals surface area contributed by atoms with Crippen molar-refractivity contribution in [2.75, 3.05) is 25.6 Å². The summed E-state index contributed by atoms with van der Waals surface area (Å²) in [5.74, 6) is -0.666. The van der Waals surface area contributed by atoms with Crippen LogP contribution in [0.3, 0.4) is 0 Å². The summed E-state index contributed by atoms with van der Waals surface area (Å²) in [6.07, 6.45) is -4.48. The van der Waals surface area contributed by atoms with Crippen LogP contribution in [0, 0.1) is 5.82 Å². The van der Waals surface area contributed by atoms with E-state index < -0.39 is 23.5 Å². The zero-order valence-electron chi connectivity index (χ0n) is 18.9. The molecule has 0 unspecified atom stereocenters. The van der Waals surface area contributed by atoms with Crippen LogP contribution >= 0.6 is 0 Å². The van der Waals surface area contributed by atoms with E-state index in [9.17, 15) is 22.4 Å². The number of anilines is 1. The van der Waals surface area contributed by atoms with Crippen LogP contribution in [0.2, 0.25) is 0 Å². The van der Waals surface area contributed by atoms with Crippen molar-refractivity contribution in [3.05, 3.63) is 89.7 Å². The summed E-state index contributed by atoms with van der Waals surface area (Å²) in [5, 5.41) is 6.99. The monoisotopic (exact) mass is 500 g/mol. The predicted octanol–water partition coefficient (Wildman–Crippen LogP) is 5.37. The number of amides is 1. The van der Waals surface area contributed by atoms with E-state index in [1.165, 1.54) is 23.9 Å². The van der Waals surface area contributed by atoms with Gasteiger partial charge in [0.25, 0.3) is 5.91 Å². The van der Waals surface area contributed by atoms with Crippen molar-refractivity contribution in [1.29, 1.82) is 0 Å². The van der Waals surface area contributed by atoms with Crippen LogP contribution in [0.15, 0.2) is 72.8 Å². The number of carbonyl (C=O) groups excluding carboxylic acids is 1. The van der Waals surface area contributed by atoms with Gasteiger partial charge in [-0.2, -0.15) is 18.2 Å². The molecule has 11 heteroatoms. The molecule has 3 aromatic carbocycles. The van der Waals surface area contributed by atoms with Crippen LogP contribution in [0.1, 0.15) is 15.9 Å². The topological polar surface area (TPSA) is 78.3 Å². The van der Waals surface area contributed by atoms with E-state index in [1.807, 2.05) is 0 Å². The number of alkyl halides is 3. The Kier molecular flexibility index (Phi) is 7.30. The second-order valence-electron chi connectivity index (χ2n) is 7.56. The Bertz CT molecular complexity index is 1340. The van der Waals surface area contributed by atoms with Gasteiger partial charge in [0.05, 0.1) is 17.9 Å². The first-order valence-electron chi connectivity index (χ1n) is 10.7. The van der Waals surface area contributed by atoms with Gasteiger partial charge in [-0.25, -0.2) is 9.07 Å². The van der Waals surface area contributed by atoms with E-state index in [1.54, 1.807) is 36.4 Å². The number of benzene rings is 3. The molecule has 0 saturated carbocycles. The molecule has 0 aliphatic heterocycles. The van der Waals surface area contributed by atoms with Gasteiger partial charge >= 0.3 is 12.2 Å². The summed E-state index contributed by atoms with van der Waals surface area (Å²) in [4.78, 5) is 16.8. The van der Waals surface area contributed by atoms with Crippen molar-refractivity contribution in [2.24, 2.45) is 0 Å². The average molecular weight is 500 g/mol. The number of nitrogens with one attached hydrogen (secondary N) is 1. The van der Waals surface area contributed by atoms with Gasteiger partial charge in [-0.3, -0.25) is 4.79 Å². The lowest BCUT2D eigenvalue weighted by atomic mass is 10.1. The van der Waals surface area contributed by atoms with Crippen molar-refractivity contribution >= 4 is 11.6 Å². The average Bonchev–Trinajstić information content (AvgIpc) is 3.28. The Morgan fingerprint density at radius 2 is 1.72 bits per heavy atom. The molecule has 4 aromatic rings. The first-order chi connectivity index (χ1) is 17.2. The molecule has 0 bridgehead atoms. The van der Waals surface area contributed by atoms with E-state index in [4.69, 9.17) is 9.47 Å². The van der Waals surface area contributed by atoms with Gasteiger partial charge in [-0.1, -0.05) is 12.1 Å². The van der Waals surface area contributed by atoms with Crippen molar-refractivity contribution in [3.8, 4) is 23.1 Å². The Morgan fingerprint density at radius 1 is 1.00 bits per heavy atom. The quantitative estimate of drug-likeness (QED) is 0.260. The fraction of sp³-hybridized carbons (Fsp3) is 0.160. The fourth-order valence-electron chi connectivity index (χ4n) is 3.26. The molecule has 0 aliphatic rings. The minimum Gasteiger partial charge on any atom is -0.460 e. The molecule has 36 heavy (non-hydrogen) atoms. The number of nitrogens with zero attached hydrogens (tertiary/aromatic N) is 3. The molecule has 1 N–H and O–H groups in total. The third-order valence-corrected chi connectivity index (χ3v) is 5.03. The third-order valence-electron chi connectivity index (χ3n) is 5.03. The van der Waals surface area contributed by atoms with Crippen molar-refractivity contribution < 1.29 is 31.8 Å². The van der Waals surface area contributed by atoms with Crippen molar-refractivity contribution in [2.45, 2.75) is 6.18 Å². The minimum absolute atomic E-state index is 0.0750. The van der Waals surface area contributed by atoms with Gasteiger partial charge in [0.1, 0.15) is 12.4 Å². The number of methoxy groups -OCH3 is 1. The van der Waals surface area contributed by atoms with Crippen LogP contribution < -0.4 is 10.1 Å². The molecule has 1 aromatic heterocycles. The standard InChI is InChI=1S/C25H20F4N4O3/c1-35-13-14-36-24-31-22(17-3-2-4-19(26)15-17)33(32-24)21-11-9-20(10-12-21)30-23(34)16-5-7-18(8-6-16)25(27,28)29/h2-12,15H,13-14H2,1H3,(H,30,34). The van der Waals surface area contributed by atoms with Gasteiger partial charge in [0, 0.05) is 23.9 Å². The number of hydrogen-bond acceptors (Lipinski definition) is 5. The molecule has 1 heterocycles. The second-order valence-corrected chi connectivity index (χ2v) is 7.56. The number of halogens is 4. The molecular formula is C25H20F4N4O3. The van der Waals surface area contributed by atoms with Gasteiger partial charge in [-0.05, 0) is 60.7 Å². The molecule has 4 rings (SSSR count). The zero-order valence-corrected chi connectivity index (χ0v) is 18.9. The summed E-state index contributed by atoms with van der Waals surface area (Å²) >= 11 is 0. The maximum Gasteiger partial charge on any atom is 0.416 e. The van der Waals surface area contributed by atoms with Crippen molar-refractivity contribution in [1.82, 2.24) is 14.8 Å². The lowest BCUT2D eigenvalue weighted by Crippen LogP contribution is -2.13. The predicted molar refractivity (Wildman–Crippen MR) is 124 cm³/mol. The van der Waals surface area contributed by atoms with E-state index in [0.29, 0.717) is 29.4 Å². The highest BCUT2D eigenvalue weighted by Crippen LogP contribution is 2.29. The van der Waals surface area contributed by atoms with Crippen LogP contribution in [-0.4, -0.2) is 41.0 Å². The first-order valence-corrected chi connectivity index (χ1v) is 10.7. The van der Waals surface area contributed by atoms with Crippen LogP contribution in [-0.2, 0) is 10.9 Å². The summed E-state index contributed by atoms with van der Waals surface area (Å²) < 4.78 is 64.0. The molecular weight excluding hydrogens is 480 g/mol. The highest BCUT2D eigenvalue weighted by Gasteiger charge is 2.30. The van der Waals surface area contributed by atoms with E-state index in [-0.39, 0.29) is 18.2 Å². The summed E-state index contributed by atoms with van der Waals surface area (Å²) in [7, 11) is 1.53. The molecule has 0 aliphatic carbocycles. The lowest BCUT2D eigenvalue weighted by Gasteiger charge is -2.10. The van der Waals surface area contributed by atoms with E-state index in [2.05, 4.69) is 15.4 Å². The lowest BCUT2D eigenvalue weighted by molar-refractivity contribution is -0.137. The van der Waals surface area contributed by atoms with E-state index in [0.717, 1.165) is 24.3 Å². The fourth-order valence-corrected chi connectivity index (χ4v) is 3.26. The van der Waals surface area contributed by atoms with Gasteiger partial charge < -0.3 is 14.8 Å². The Labute approximate surface area is 203 Å². The molecule has 0 atom stereocenters. The van der Waals surface area contributed by atoms with Crippen molar-refractivity contribution in [3.63, 3.8) is 0 Å². The maximum absolute atomic E-state index is 13.8. The molecule has 7 nitrogen and oxygen atoms in total. The molecule has 0 spiro atoms.